The van der Waals surface area contributed by atoms with Gasteiger partial charge in [0.2, 0.25) is 5.96 Å². The van der Waals surface area contributed by atoms with E-state index in [1.54, 1.807) is 6.21 Å². The van der Waals surface area contributed by atoms with Crippen LogP contribution in [0.1, 0.15) is 13.3 Å². The van der Waals surface area contributed by atoms with E-state index >= 15 is 0 Å². The van der Waals surface area contributed by atoms with Gasteiger partial charge in [-0.05, 0) is 6.42 Å². The summed E-state index contributed by atoms with van der Waals surface area (Å²) in [5.41, 5.74) is 4.86. The van der Waals surface area contributed by atoms with Crippen LogP contribution in [0.5, 0.6) is 0 Å². The zero-order valence-electron chi connectivity index (χ0n) is 4.31. The molecule has 0 amide bonds. The van der Waals surface area contributed by atoms with E-state index in [0.29, 0.717) is 0 Å². The minimum Gasteiger partial charge on any atom is -0.368 e. The van der Waals surface area contributed by atoms with Gasteiger partial charge in [0.25, 0.3) is 0 Å². The second kappa shape index (κ2) is 3.33. The minimum absolute atomic E-state index is 0.123. The van der Waals surface area contributed by atoms with Crippen LogP contribution in [0.3, 0.4) is 0 Å². The molecular weight excluding hydrogens is 90.1 g/mol. The highest BCUT2D eigenvalue weighted by Crippen LogP contribution is 1.66. The lowest BCUT2D eigenvalue weighted by Crippen LogP contribution is -2.04. The first-order chi connectivity index (χ1) is 3.27. The van der Waals surface area contributed by atoms with Crippen molar-refractivity contribution in [1.82, 2.24) is 0 Å². The Bertz CT molecular complexity index is 84.9. The molecule has 0 radical (unpaired) electrons. The molecule has 7 heavy (non-hydrogen) atoms. The highest BCUT2D eigenvalue weighted by atomic mass is 15.0. The molecule has 0 aromatic heterocycles. The van der Waals surface area contributed by atoms with Gasteiger partial charge in [0.1, 0.15) is 0 Å². The van der Waals surface area contributed by atoms with Gasteiger partial charge < -0.3 is 5.73 Å². The van der Waals surface area contributed by atoms with Crippen LogP contribution in [-0.2, 0) is 0 Å². The molecule has 0 spiro atoms. The SMILES string of the molecule is CCC=NC(=N)N. The Morgan fingerprint density at radius 1 is 2.00 bits per heavy atom. The Labute approximate surface area is 42.8 Å². The van der Waals surface area contributed by atoms with Crippen LogP contribution in [0.25, 0.3) is 0 Å². The molecule has 0 aromatic carbocycles. The molecule has 3 N–H and O–H groups in total. The fourth-order valence-electron chi connectivity index (χ4n) is 0.190. The molecule has 0 rings (SSSR count). The summed E-state index contributed by atoms with van der Waals surface area (Å²) in [6.07, 6.45) is 2.43. The molecule has 0 aromatic rings. The van der Waals surface area contributed by atoms with Gasteiger partial charge in [0.05, 0.1) is 0 Å². The highest BCUT2D eigenvalue weighted by Gasteiger charge is 1.71. The number of nitrogens with zero attached hydrogens (tertiary/aromatic N) is 1. The van der Waals surface area contributed by atoms with E-state index in [1.165, 1.54) is 0 Å². The maximum atomic E-state index is 6.58. The summed E-state index contributed by atoms with van der Waals surface area (Å²) in [4.78, 5) is 3.48. The van der Waals surface area contributed by atoms with Crippen LogP contribution in [0.15, 0.2) is 4.99 Å². The standard InChI is InChI=1S/C4H9N3/c1-2-3-7-4(5)6/h3H,2H2,1H3,(H3,5,6). The maximum absolute atomic E-state index is 6.58. The van der Waals surface area contributed by atoms with E-state index in [4.69, 9.17) is 11.1 Å². The summed E-state index contributed by atoms with van der Waals surface area (Å²) >= 11 is 0. The highest BCUT2D eigenvalue weighted by molar-refractivity contribution is 5.83. The number of nitrogens with one attached hydrogen (secondary N) is 1. The zero-order chi connectivity index (χ0) is 5.70. The summed E-state index contributed by atoms with van der Waals surface area (Å²) < 4.78 is 0. The number of aliphatic imine (C=N–C) groups is 1. The molecule has 40 valence electrons. The normalized spacial score (nSPS) is 9.86. The van der Waals surface area contributed by atoms with Gasteiger partial charge in [-0.15, -0.1) is 0 Å². The number of hydrogen-bond donors (Lipinski definition) is 2. The molecule has 3 heteroatoms. The third-order valence-electron chi connectivity index (χ3n) is 0.413. The topological polar surface area (TPSA) is 62.2 Å². The molecule has 0 saturated heterocycles. The Morgan fingerprint density at radius 3 is 2.71 bits per heavy atom. The van der Waals surface area contributed by atoms with E-state index in [9.17, 15) is 0 Å². The summed E-state index contributed by atoms with van der Waals surface area (Å²) in [6.45, 7) is 1.94. The Balaban J connectivity index is 3.26. The van der Waals surface area contributed by atoms with Gasteiger partial charge >= 0.3 is 0 Å². The first-order valence-electron chi connectivity index (χ1n) is 2.14. The van der Waals surface area contributed by atoms with Crippen molar-refractivity contribution >= 4 is 12.2 Å². The first kappa shape index (κ1) is 6.14. The third-order valence-corrected chi connectivity index (χ3v) is 0.413. The lowest BCUT2D eigenvalue weighted by Gasteiger charge is -1.79. The van der Waals surface area contributed by atoms with Crippen LogP contribution in [0.4, 0.5) is 0 Å². The molecule has 0 aliphatic rings. The van der Waals surface area contributed by atoms with E-state index in [0.717, 1.165) is 6.42 Å². The van der Waals surface area contributed by atoms with Gasteiger partial charge in [0.15, 0.2) is 0 Å². The van der Waals surface area contributed by atoms with Crippen LogP contribution in [-0.4, -0.2) is 12.2 Å². The molecule has 0 unspecified atom stereocenters. The van der Waals surface area contributed by atoms with Gasteiger partial charge in [-0.2, -0.15) is 0 Å². The van der Waals surface area contributed by atoms with Crippen molar-refractivity contribution < 1.29 is 0 Å². The van der Waals surface area contributed by atoms with Crippen molar-refractivity contribution in [3.05, 3.63) is 0 Å². The predicted molar refractivity (Wildman–Crippen MR) is 30.7 cm³/mol. The monoisotopic (exact) mass is 99.1 g/mol. The summed E-state index contributed by atoms with van der Waals surface area (Å²) in [5.74, 6) is -0.123. The van der Waals surface area contributed by atoms with Crippen LogP contribution in [0.2, 0.25) is 0 Å². The first-order valence-corrected chi connectivity index (χ1v) is 2.14. The Morgan fingerprint density at radius 2 is 2.57 bits per heavy atom. The third kappa shape index (κ3) is 5.14. The number of rotatable bonds is 1. The van der Waals surface area contributed by atoms with Gasteiger partial charge in [-0.1, -0.05) is 6.92 Å². The minimum atomic E-state index is -0.123. The second-order valence-electron chi connectivity index (χ2n) is 1.11. The van der Waals surface area contributed by atoms with Crippen molar-refractivity contribution in [2.24, 2.45) is 10.7 Å². The van der Waals surface area contributed by atoms with Gasteiger partial charge in [-0.3, -0.25) is 5.41 Å². The van der Waals surface area contributed by atoms with Crippen molar-refractivity contribution in [2.45, 2.75) is 13.3 Å². The molecule has 0 saturated carbocycles. The lowest BCUT2D eigenvalue weighted by molar-refractivity contribution is 1.30. The molecule has 0 atom stereocenters. The molecule has 3 nitrogen and oxygen atoms in total. The predicted octanol–water partition coefficient (Wildman–Crippen LogP) is 0.361. The van der Waals surface area contributed by atoms with Crippen LogP contribution >= 0.6 is 0 Å². The number of hydrogen-bond acceptors (Lipinski definition) is 1. The molecule has 0 fully saturated rings. The molecule has 0 heterocycles. The van der Waals surface area contributed by atoms with E-state index < -0.39 is 0 Å². The van der Waals surface area contributed by atoms with E-state index in [2.05, 4.69) is 4.99 Å². The van der Waals surface area contributed by atoms with E-state index in [1.807, 2.05) is 6.92 Å². The summed E-state index contributed by atoms with van der Waals surface area (Å²) in [5, 5.41) is 6.58. The van der Waals surface area contributed by atoms with E-state index in [-0.39, 0.29) is 5.96 Å². The molecule has 0 aliphatic carbocycles. The zero-order valence-corrected chi connectivity index (χ0v) is 4.31. The van der Waals surface area contributed by atoms with Gasteiger partial charge in [0, 0.05) is 6.21 Å². The maximum Gasteiger partial charge on any atom is 0.212 e. The van der Waals surface area contributed by atoms with Crippen molar-refractivity contribution in [3.8, 4) is 0 Å². The van der Waals surface area contributed by atoms with Crippen molar-refractivity contribution in [1.29, 1.82) is 5.41 Å². The van der Waals surface area contributed by atoms with Crippen molar-refractivity contribution in [3.63, 3.8) is 0 Å². The van der Waals surface area contributed by atoms with Gasteiger partial charge in [-0.25, -0.2) is 4.99 Å². The van der Waals surface area contributed by atoms with Crippen LogP contribution < -0.4 is 5.73 Å². The largest absolute Gasteiger partial charge is 0.368 e. The quantitative estimate of drug-likeness (QED) is 0.362. The Hall–Kier alpha value is -0.860. The second-order valence-corrected chi connectivity index (χ2v) is 1.11. The fourth-order valence-corrected chi connectivity index (χ4v) is 0.190. The Kier molecular flexibility index (Phi) is 2.92. The number of nitrogens with two attached hydrogens (primary N) is 1. The van der Waals surface area contributed by atoms with Crippen molar-refractivity contribution in [2.75, 3.05) is 0 Å². The molecular formula is C4H9N3. The molecule has 0 aliphatic heterocycles. The smallest absolute Gasteiger partial charge is 0.212 e. The number of guanidine groups is 1. The average Bonchev–Trinajstić information content (AvgIpc) is 1.61. The summed E-state index contributed by atoms with van der Waals surface area (Å²) in [7, 11) is 0. The summed E-state index contributed by atoms with van der Waals surface area (Å²) in [6, 6.07) is 0. The fraction of sp³-hybridized carbons (Fsp3) is 0.500. The lowest BCUT2D eigenvalue weighted by atomic mass is 10.5. The van der Waals surface area contributed by atoms with Crippen LogP contribution in [0, 0.1) is 5.41 Å². The molecule has 0 bridgehead atoms. The average molecular weight is 99.1 g/mol.